The van der Waals surface area contributed by atoms with Gasteiger partial charge in [0.1, 0.15) is 18.1 Å². The summed E-state index contributed by atoms with van der Waals surface area (Å²) in [4.78, 5) is 12.7. The monoisotopic (exact) mass is 462 g/mol. The number of ether oxygens (including phenoxy) is 1. The first-order chi connectivity index (χ1) is 14.7. The van der Waals surface area contributed by atoms with Gasteiger partial charge in [-0.05, 0) is 61.5 Å². The van der Waals surface area contributed by atoms with Gasteiger partial charge in [-0.2, -0.15) is 0 Å². The zero-order valence-corrected chi connectivity index (χ0v) is 18.4. The molecular weight excluding hydrogens is 443 g/mol. The number of carbonyl (C=O) groups is 1. The standard InChI is InChI=1S/C22H20ClFN2O4S/c1-15-3-10-19(11-4-15)31(28,29)26(20-13-16(23)5-12-21(20)30-2)14-22(27)25-18-8-6-17(24)7-9-18/h3-13H,14H2,1-2H3,(H,25,27). The second kappa shape index (κ2) is 9.36. The third kappa shape index (κ3) is 5.34. The molecule has 0 radical (unpaired) electrons. The number of nitrogens with one attached hydrogen (secondary N) is 1. The Morgan fingerprint density at radius 1 is 1.06 bits per heavy atom. The molecule has 162 valence electrons. The number of nitrogens with zero attached hydrogens (tertiary/aromatic N) is 1. The second-order valence-electron chi connectivity index (χ2n) is 6.70. The Morgan fingerprint density at radius 3 is 2.32 bits per heavy atom. The molecule has 0 spiro atoms. The van der Waals surface area contributed by atoms with Crippen molar-refractivity contribution >= 4 is 38.9 Å². The molecule has 9 heteroatoms. The summed E-state index contributed by atoms with van der Waals surface area (Å²) >= 11 is 6.10. The van der Waals surface area contributed by atoms with Gasteiger partial charge in [0.05, 0.1) is 17.7 Å². The van der Waals surface area contributed by atoms with Crippen LogP contribution < -0.4 is 14.4 Å². The number of carbonyl (C=O) groups excluding carboxylic acids is 1. The Morgan fingerprint density at radius 2 is 1.71 bits per heavy atom. The lowest BCUT2D eigenvalue weighted by molar-refractivity contribution is -0.114. The number of amides is 1. The number of aryl methyl sites for hydroxylation is 1. The maximum atomic E-state index is 13.5. The van der Waals surface area contributed by atoms with E-state index < -0.39 is 28.3 Å². The van der Waals surface area contributed by atoms with Gasteiger partial charge < -0.3 is 10.1 Å². The van der Waals surface area contributed by atoms with Crippen LogP contribution in [0.2, 0.25) is 5.02 Å². The molecule has 31 heavy (non-hydrogen) atoms. The average Bonchev–Trinajstić information content (AvgIpc) is 2.74. The predicted octanol–water partition coefficient (Wildman–Crippen LogP) is 4.63. The van der Waals surface area contributed by atoms with E-state index in [1.807, 2.05) is 6.92 Å². The van der Waals surface area contributed by atoms with E-state index in [0.29, 0.717) is 5.69 Å². The minimum atomic E-state index is -4.14. The van der Waals surface area contributed by atoms with Crippen LogP contribution in [0.1, 0.15) is 5.56 Å². The van der Waals surface area contributed by atoms with E-state index in [4.69, 9.17) is 16.3 Å². The number of hydrogen-bond donors (Lipinski definition) is 1. The van der Waals surface area contributed by atoms with Crippen LogP contribution in [-0.2, 0) is 14.8 Å². The van der Waals surface area contributed by atoms with Crippen LogP contribution in [0.25, 0.3) is 0 Å². The van der Waals surface area contributed by atoms with Gasteiger partial charge in [-0.25, -0.2) is 12.8 Å². The van der Waals surface area contributed by atoms with Crippen LogP contribution in [0.4, 0.5) is 15.8 Å². The van der Waals surface area contributed by atoms with Crippen molar-refractivity contribution in [2.45, 2.75) is 11.8 Å². The zero-order valence-electron chi connectivity index (χ0n) is 16.8. The minimum absolute atomic E-state index is 0.00899. The van der Waals surface area contributed by atoms with E-state index in [9.17, 15) is 17.6 Å². The fraction of sp³-hybridized carbons (Fsp3) is 0.136. The van der Waals surface area contributed by atoms with Gasteiger partial charge in [-0.3, -0.25) is 9.10 Å². The summed E-state index contributed by atoms with van der Waals surface area (Å²) in [5.74, 6) is -0.843. The van der Waals surface area contributed by atoms with Crippen molar-refractivity contribution in [3.8, 4) is 5.75 Å². The normalized spacial score (nSPS) is 11.1. The third-order valence-corrected chi connectivity index (χ3v) is 6.44. The molecule has 0 saturated heterocycles. The second-order valence-corrected chi connectivity index (χ2v) is 8.99. The van der Waals surface area contributed by atoms with Crippen LogP contribution in [0.5, 0.6) is 5.75 Å². The van der Waals surface area contributed by atoms with Crippen LogP contribution in [-0.4, -0.2) is 28.0 Å². The van der Waals surface area contributed by atoms with E-state index in [1.54, 1.807) is 18.2 Å². The largest absolute Gasteiger partial charge is 0.495 e. The van der Waals surface area contributed by atoms with Crippen LogP contribution in [0.3, 0.4) is 0 Å². The summed E-state index contributed by atoms with van der Waals surface area (Å²) in [7, 11) is -2.75. The molecule has 0 aliphatic carbocycles. The van der Waals surface area contributed by atoms with Gasteiger partial charge in [0.15, 0.2) is 0 Å². The molecular formula is C22H20ClFN2O4S. The Bertz CT molecular complexity index is 1180. The third-order valence-electron chi connectivity index (χ3n) is 4.43. The molecule has 0 aliphatic rings. The molecule has 3 rings (SSSR count). The lowest BCUT2D eigenvalue weighted by Crippen LogP contribution is -2.38. The van der Waals surface area contributed by atoms with Gasteiger partial charge >= 0.3 is 0 Å². The molecule has 0 bridgehead atoms. The lowest BCUT2D eigenvalue weighted by Gasteiger charge is -2.26. The zero-order chi connectivity index (χ0) is 22.6. The number of hydrogen-bond acceptors (Lipinski definition) is 4. The fourth-order valence-electron chi connectivity index (χ4n) is 2.86. The number of halogens is 2. The Labute approximate surface area is 185 Å². The van der Waals surface area contributed by atoms with E-state index in [0.717, 1.165) is 9.87 Å². The Balaban J connectivity index is 2.02. The first-order valence-corrected chi connectivity index (χ1v) is 11.0. The predicted molar refractivity (Wildman–Crippen MR) is 119 cm³/mol. The molecule has 0 heterocycles. The van der Waals surface area contributed by atoms with Crippen LogP contribution in [0.15, 0.2) is 71.6 Å². The van der Waals surface area contributed by atoms with Gasteiger partial charge in [-0.1, -0.05) is 29.3 Å². The van der Waals surface area contributed by atoms with E-state index in [-0.39, 0.29) is 21.4 Å². The molecule has 0 aliphatic heterocycles. The van der Waals surface area contributed by atoms with Crippen LogP contribution in [0, 0.1) is 12.7 Å². The molecule has 3 aromatic carbocycles. The van der Waals surface area contributed by atoms with Crippen molar-refractivity contribution in [3.05, 3.63) is 83.1 Å². The van der Waals surface area contributed by atoms with E-state index in [1.165, 1.54) is 55.6 Å². The van der Waals surface area contributed by atoms with E-state index >= 15 is 0 Å². The molecule has 1 N–H and O–H groups in total. The molecule has 0 fully saturated rings. The topological polar surface area (TPSA) is 75.7 Å². The Kier molecular flexibility index (Phi) is 6.82. The average molecular weight is 463 g/mol. The number of benzene rings is 3. The van der Waals surface area contributed by atoms with Crippen molar-refractivity contribution in [3.63, 3.8) is 0 Å². The summed E-state index contributed by atoms with van der Waals surface area (Å²) in [6.07, 6.45) is 0. The van der Waals surface area contributed by atoms with Gasteiger partial charge in [-0.15, -0.1) is 0 Å². The maximum absolute atomic E-state index is 13.5. The first kappa shape index (κ1) is 22.6. The smallest absolute Gasteiger partial charge is 0.264 e. The van der Waals surface area contributed by atoms with Crippen molar-refractivity contribution < 1.29 is 22.3 Å². The molecule has 6 nitrogen and oxygen atoms in total. The van der Waals surface area contributed by atoms with Crippen molar-refractivity contribution in [2.75, 3.05) is 23.3 Å². The number of anilines is 2. The van der Waals surface area contributed by atoms with Crippen molar-refractivity contribution in [2.24, 2.45) is 0 Å². The molecule has 1 amide bonds. The quantitative estimate of drug-likeness (QED) is 0.555. The van der Waals surface area contributed by atoms with Gasteiger partial charge in [0, 0.05) is 10.7 Å². The highest BCUT2D eigenvalue weighted by Crippen LogP contribution is 2.35. The number of methoxy groups -OCH3 is 1. The SMILES string of the molecule is COc1ccc(Cl)cc1N(CC(=O)Nc1ccc(F)cc1)S(=O)(=O)c1ccc(C)cc1. The molecule has 0 atom stereocenters. The maximum Gasteiger partial charge on any atom is 0.264 e. The minimum Gasteiger partial charge on any atom is -0.495 e. The first-order valence-electron chi connectivity index (χ1n) is 9.19. The molecule has 0 unspecified atom stereocenters. The highest BCUT2D eigenvalue weighted by molar-refractivity contribution is 7.92. The molecule has 3 aromatic rings. The summed E-state index contributed by atoms with van der Waals surface area (Å²) in [6.45, 7) is 1.29. The van der Waals surface area contributed by atoms with Gasteiger partial charge in [0.25, 0.3) is 10.0 Å². The van der Waals surface area contributed by atoms with Crippen molar-refractivity contribution in [1.29, 1.82) is 0 Å². The Hall–Kier alpha value is -3.10. The van der Waals surface area contributed by atoms with Crippen molar-refractivity contribution in [1.82, 2.24) is 0 Å². The van der Waals surface area contributed by atoms with Crippen LogP contribution >= 0.6 is 11.6 Å². The van der Waals surface area contributed by atoms with Gasteiger partial charge in [0.2, 0.25) is 5.91 Å². The van der Waals surface area contributed by atoms with E-state index in [2.05, 4.69) is 5.32 Å². The number of sulfonamides is 1. The molecule has 0 aromatic heterocycles. The lowest BCUT2D eigenvalue weighted by atomic mass is 10.2. The summed E-state index contributed by atoms with van der Waals surface area (Å²) in [5, 5.41) is 2.85. The highest BCUT2D eigenvalue weighted by atomic mass is 35.5. The fourth-order valence-corrected chi connectivity index (χ4v) is 4.45. The summed E-state index contributed by atoms with van der Waals surface area (Å²) in [6, 6.07) is 15.9. The molecule has 0 saturated carbocycles. The summed E-state index contributed by atoms with van der Waals surface area (Å²) < 4.78 is 46.3. The highest BCUT2D eigenvalue weighted by Gasteiger charge is 2.29. The number of rotatable bonds is 7. The summed E-state index contributed by atoms with van der Waals surface area (Å²) in [5.41, 5.74) is 1.34.